The third-order valence-electron chi connectivity index (χ3n) is 4.68. The minimum atomic E-state index is 0.292. The van der Waals surface area contributed by atoms with Crippen molar-refractivity contribution in [2.24, 2.45) is 11.8 Å². The van der Waals surface area contributed by atoms with Crippen LogP contribution in [0.4, 0.5) is 0 Å². The summed E-state index contributed by atoms with van der Waals surface area (Å²) in [4.78, 5) is 16.5. The van der Waals surface area contributed by atoms with E-state index in [4.69, 9.17) is 0 Å². The SMILES string of the molecule is CC1CCN(C(=O)CNCC2CCN(C)CC2)CC1. The van der Waals surface area contributed by atoms with Gasteiger partial charge in [0.25, 0.3) is 0 Å². The van der Waals surface area contributed by atoms with Crippen LogP contribution in [0.1, 0.15) is 32.6 Å². The highest BCUT2D eigenvalue weighted by Crippen LogP contribution is 2.16. The van der Waals surface area contributed by atoms with Crippen LogP contribution in [-0.4, -0.2) is 62.0 Å². The van der Waals surface area contributed by atoms with Gasteiger partial charge in [-0.05, 0) is 64.2 Å². The molecule has 0 aromatic rings. The standard InChI is InChI=1S/C15H29N3O/c1-13-3-9-18(10-4-13)15(19)12-16-11-14-5-7-17(2)8-6-14/h13-14,16H,3-12H2,1-2H3. The van der Waals surface area contributed by atoms with Gasteiger partial charge >= 0.3 is 0 Å². The Morgan fingerprint density at radius 2 is 1.74 bits per heavy atom. The fraction of sp³-hybridized carbons (Fsp3) is 0.933. The van der Waals surface area contributed by atoms with Gasteiger partial charge in [0.1, 0.15) is 0 Å². The molecule has 2 aliphatic heterocycles. The minimum absolute atomic E-state index is 0.292. The van der Waals surface area contributed by atoms with Crippen LogP contribution in [0.5, 0.6) is 0 Å². The maximum atomic E-state index is 12.1. The molecular formula is C15H29N3O. The molecule has 2 heterocycles. The molecule has 0 spiro atoms. The molecule has 0 aliphatic carbocycles. The highest BCUT2D eigenvalue weighted by Gasteiger charge is 2.21. The molecule has 4 nitrogen and oxygen atoms in total. The van der Waals surface area contributed by atoms with Gasteiger partial charge in [-0.2, -0.15) is 0 Å². The normalized spacial score (nSPS) is 23.8. The fourth-order valence-electron chi connectivity index (χ4n) is 3.02. The van der Waals surface area contributed by atoms with E-state index in [1.165, 1.54) is 38.8 Å². The number of hydrogen-bond acceptors (Lipinski definition) is 3. The fourth-order valence-corrected chi connectivity index (χ4v) is 3.02. The molecule has 0 atom stereocenters. The van der Waals surface area contributed by atoms with Gasteiger partial charge in [-0.3, -0.25) is 4.79 Å². The number of piperidine rings is 2. The second-order valence-corrected chi connectivity index (χ2v) is 6.44. The molecule has 0 bridgehead atoms. The summed E-state index contributed by atoms with van der Waals surface area (Å²) < 4.78 is 0. The Hall–Kier alpha value is -0.610. The van der Waals surface area contributed by atoms with Crippen LogP contribution in [0.25, 0.3) is 0 Å². The molecule has 19 heavy (non-hydrogen) atoms. The number of likely N-dealkylation sites (tertiary alicyclic amines) is 2. The highest BCUT2D eigenvalue weighted by molar-refractivity contribution is 5.78. The predicted octanol–water partition coefficient (Wildman–Crippen LogP) is 1.18. The summed E-state index contributed by atoms with van der Waals surface area (Å²) in [6.07, 6.45) is 4.86. The zero-order chi connectivity index (χ0) is 13.7. The highest BCUT2D eigenvalue weighted by atomic mass is 16.2. The number of amides is 1. The summed E-state index contributed by atoms with van der Waals surface area (Å²) in [6.45, 7) is 8.12. The monoisotopic (exact) mass is 267 g/mol. The molecule has 1 amide bonds. The number of carbonyl (C=O) groups is 1. The number of rotatable bonds is 4. The Kier molecular flexibility index (Phi) is 5.64. The van der Waals surface area contributed by atoms with Crippen LogP contribution >= 0.6 is 0 Å². The van der Waals surface area contributed by atoms with E-state index in [1.54, 1.807) is 0 Å². The van der Waals surface area contributed by atoms with E-state index < -0.39 is 0 Å². The van der Waals surface area contributed by atoms with Gasteiger partial charge in [-0.15, -0.1) is 0 Å². The lowest BCUT2D eigenvalue weighted by atomic mass is 9.97. The van der Waals surface area contributed by atoms with Crippen LogP contribution < -0.4 is 5.32 Å². The van der Waals surface area contributed by atoms with Crippen LogP contribution in [0, 0.1) is 11.8 Å². The van der Waals surface area contributed by atoms with Crippen molar-refractivity contribution in [2.45, 2.75) is 32.6 Å². The zero-order valence-electron chi connectivity index (χ0n) is 12.5. The topological polar surface area (TPSA) is 35.6 Å². The van der Waals surface area contributed by atoms with Gasteiger partial charge in [0.15, 0.2) is 0 Å². The predicted molar refractivity (Wildman–Crippen MR) is 78.1 cm³/mol. The molecule has 2 fully saturated rings. The Balaban J connectivity index is 1.59. The van der Waals surface area contributed by atoms with Gasteiger partial charge in [0.2, 0.25) is 5.91 Å². The molecule has 0 aromatic heterocycles. The number of nitrogens with one attached hydrogen (secondary N) is 1. The molecule has 2 aliphatic rings. The van der Waals surface area contributed by atoms with E-state index in [2.05, 4.69) is 24.2 Å². The maximum Gasteiger partial charge on any atom is 0.236 e. The Morgan fingerprint density at radius 3 is 2.37 bits per heavy atom. The average Bonchev–Trinajstić information content (AvgIpc) is 2.41. The number of hydrogen-bond donors (Lipinski definition) is 1. The third-order valence-corrected chi connectivity index (χ3v) is 4.68. The van der Waals surface area contributed by atoms with Gasteiger partial charge in [-0.1, -0.05) is 6.92 Å². The van der Waals surface area contributed by atoms with Crippen LogP contribution in [0.15, 0.2) is 0 Å². The molecule has 2 saturated heterocycles. The summed E-state index contributed by atoms with van der Waals surface area (Å²) in [5, 5.41) is 3.37. The van der Waals surface area contributed by atoms with Crippen molar-refractivity contribution >= 4 is 5.91 Å². The summed E-state index contributed by atoms with van der Waals surface area (Å²) in [5.74, 6) is 1.83. The molecule has 0 unspecified atom stereocenters. The number of carbonyl (C=O) groups excluding carboxylic acids is 1. The molecule has 0 saturated carbocycles. The molecular weight excluding hydrogens is 238 g/mol. The Labute approximate surface area is 117 Å². The molecule has 0 radical (unpaired) electrons. The first-order chi connectivity index (χ1) is 9.15. The van der Waals surface area contributed by atoms with Crippen molar-refractivity contribution in [1.82, 2.24) is 15.1 Å². The molecule has 110 valence electrons. The molecule has 1 N–H and O–H groups in total. The zero-order valence-corrected chi connectivity index (χ0v) is 12.5. The van der Waals surface area contributed by atoms with Crippen molar-refractivity contribution in [2.75, 3.05) is 46.3 Å². The average molecular weight is 267 g/mol. The van der Waals surface area contributed by atoms with Crippen LogP contribution in [0.3, 0.4) is 0 Å². The first-order valence-electron chi connectivity index (χ1n) is 7.82. The van der Waals surface area contributed by atoms with E-state index in [-0.39, 0.29) is 0 Å². The summed E-state index contributed by atoms with van der Waals surface area (Å²) in [7, 11) is 2.19. The van der Waals surface area contributed by atoms with E-state index in [0.29, 0.717) is 12.5 Å². The van der Waals surface area contributed by atoms with E-state index in [0.717, 1.165) is 31.5 Å². The van der Waals surface area contributed by atoms with E-state index >= 15 is 0 Å². The van der Waals surface area contributed by atoms with Crippen LogP contribution in [0.2, 0.25) is 0 Å². The van der Waals surface area contributed by atoms with Crippen molar-refractivity contribution in [3.63, 3.8) is 0 Å². The third kappa shape index (κ3) is 4.77. The summed E-state index contributed by atoms with van der Waals surface area (Å²) >= 11 is 0. The van der Waals surface area contributed by atoms with Gasteiger partial charge < -0.3 is 15.1 Å². The smallest absolute Gasteiger partial charge is 0.236 e. The van der Waals surface area contributed by atoms with Crippen molar-refractivity contribution in [3.05, 3.63) is 0 Å². The van der Waals surface area contributed by atoms with Crippen molar-refractivity contribution < 1.29 is 4.79 Å². The lowest BCUT2D eigenvalue weighted by molar-refractivity contribution is -0.131. The summed E-state index contributed by atoms with van der Waals surface area (Å²) in [5.41, 5.74) is 0. The Morgan fingerprint density at radius 1 is 1.11 bits per heavy atom. The lowest BCUT2D eigenvalue weighted by Gasteiger charge is -2.31. The summed E-state index contributed by atoms with van der Waals surface area (Å²) in [6, 6.07) is 0. The van der Waals surface area contributed by atoms with Crippen molar-refractivity contribution in [3.8, 4) is 0 Å². The largest absolute Gasteiger partial charge is 0.342 e. The first-order valence-corrected chi connectivity index (χ1v) is 7.82. The quantitative estimate of drug-likeness (QED) is 0.831. The van der Waals surface area contributed by atoms with Crippen molar-refractivity contribution in [1.29, 1.82) is 0 Å². The second-order valence-electron chi connectivity index (χ2n) is 6.44. The van der Waals surface area contributed by atoms with Gasteiger partial charge in [-0.25, -0.2) is 0 Å². The Bertz CT molecular complexity index is 279. The van der Waals surface area contributed by atoms with E-state index in [1.807, 2.05) is 4.90 Å². The maximum absolute atomic E-state index is 12.1. The van der Waals surface area contributed by atoms with Gasteiger partial charge in [0, 0.05) is 13.1 Å². The first kappa shape index (κ1) is 14.8. The second kappa shape index (κ2) is 7.25. The molecule has 0 aromatic carbocycles. The van der Waals surface area contributed by atoms with E-state index in [9.17, 15) is 4.79 Å². The molecule has 4 heteroatoms. The van der Waals surface area contributed by atoms with Crippen LogP contribution in [-0.2, 0) is 4.79 Å². The minimum Gasteiger partial charge on any atom is -0.342 e. The number of nitrogens with zero attached hydrogens (tertiary/aromatic N) is 2. The van der Waals surface area contributed by atoms with Gasteiger partial charge in [0.05, 0.1) is 6.54 Å². The molecule has 2 rings (SSSR count). The lowest BCUT2D eigenvalue weighted by Crippen LogP contribution is -2.44.